The number of hydrogen-bond acceptors (Lipinski definition) is 4. The van der Waals surface area contributed by atoms with Crippen LogP contribution in [0.4, 0.5) is 5.69 Å². The second-order valence-electron chi connectivity index (χ2n) is 4.63. The summed E-state index contributed by atoms with van der Waals surface area (Å²) >= 11 is 6.10. The van der Waals surface area contributed by atoms with Crippen LogP contribution in [0.2, 0.25) is 5.02 Å². The van der Waals surface area contributed by atoms with E-state index in [1.165, 1.54) is 0 Å². The summed E-state index contributed by atoms with van der Waals surface area (Å²) in [5.74, 6) is 1.29. The first-order valence-corrected chi connectivity index (χ1v) is 7.15. The van der Waals surface area contributed by atoms with E-state index in [0.717, 1.165) is 23.6 Å². The second-order valence-corrected chi connectivity index (χ2v) is 5.04. The van der Waals surface area contributed by atoms with Gasteiger partial charge in [-0.15, -0.1) is 0 Å². The molecule has 0 spiro atoms. The van der Waals surface area contributed by atoms with Crippen molar-refractivity contribution in [3.63, 3.8) is 0 Å². The predicted molar refractivity (Wildman–Crippen MR) is 84.5 cm³/mol. The van der Waals surface area contributed by atoms with E-state index in [2.05, 4.69) is 23.4 Å². The second kappa shape index (κ2) is 6.72. The average Bonchev–Trinajstić information content (AvgIpc) is 2.85. The van der Waals surface area contributed by atoms with Crippen LogP contribution in [0.5, 0.6) is 11.5 Å². The molecule has 0 fully saturated rings. The topological polar surface area (TPSA) is 48.3 Å². The van der Waals surface area contributed by atoms with Gasteiger partial charge in [0.25, 0.3) is 0 Å². The van der Waals surface area contributed by atoms with Gasteiger partial charge in [0.15, 0.2) is 0 Å². The zero-order chi connectivity index (χ0) is 15.4. The molecule has 0 radical (unpaired) electrons. The van der Waals surface area contributed by atoms with E-state index < -0.39 is 0 Å². The minimum Gasteiger partial charge on any atom is -0.495 e. The van der Waals surface area contributed by atoms with Gasteiger partial charge in [0.2, 0.25) is 0 Å². The highest BCUT2D eigenvalue weighted by Gasteiger charge is 2.11. The third kappa shape index (κ3) is 3.42. The van der Waals surface area contributed by atoms with E-state index in [1.54, 1.807) is 20.3 Å². The van der Waals surface area contributed by atoms with Crippen LogP contribution in [0.25, 0.3) is 0 Å². The highest BCUT2D eigenvalue weighted by atomic mass is 35.5. The van der Waals surface area contributed by atoms with Gasteiger partial charge in [-0.2, -0.15) is 5.10 Å². The fourth-order valence-electron chi connectivity index (χ4n) is 2.20. The Morgan fingerprint density at radius 2 is 1.90 bits per heavy atom. The lowest BCUT2D eigenvalue weighted by molar-refractivity contribution is 0.404. The summed E-state index contributed by atoms with van der Waals surface area (Å²) in [7, 11) is 3.21. The van der Waals surface area contributed by atoms with Gasteiger partial charge in [0.05, 0.1) is 42.9 Å². The molecular formula is C15H20ClN3O2. The van der Waals surface area contributed by atoms with Gasteiger partial charge >= 0.3 is 0 Å². The Hall–Kier alpha value is -1.88. The summed E-state index contributed by atoms with van der Waals surface area (Å²) in [6.45, 7) is 5.55. The smallest absolute Gasteiger partial charge is 0.143 e. The maximum atomic E-state index is 6.10. The van der Waals surface area contributed by atoms with Crippen molar-refractivity contribution < 1.29 is 9.47 Å². The first-order chi connectivity index (χ1) is 10.1. The zero-order valence-corrected chi connectivity index (χ0v) is 13.5. The molecule has 1 N–H and O–H groups in total. The molecule has 114 valence electrons. The SMILES string of the molecule is CCn1nc(C)cc1CNc1cc(OC)c(Cl)cc1OC. The molecule has 1 aromatic carbocycles. The first-order valence-electron chi connectivity index (χ1n) is 6.77. The fourth-order valence-corrected chi connectivity index (χ4v) is 2.43. The number of nitrogens with one attached hydrogen (secondary N) is 1. The van der Waals surface area contributed by atoms with Crippen LogP contribution in [-0.2, 0) is 13.1 Å². The quantitative estimate of drug-likeness (QED) is 0.887. The van der Waals surface area contributed by atoms with Crippen LogP contribution in [0, 0.1) is 6.92 Å². The summed E-state index contributed by atoms with van der Waals surface area (Å²) in [6, 6.07) is 5.64. The molecule has 0 amide bonds. The van der Waals surface area contributed by atoms with Crippen molar-refractivity contribution in [1.82, 2.24) is 9.78 Å². The van der Waals surface area contributed by atoms with E-state index in [4.69, 9.17) is 21.1 Å². The van der Waals surface area contributed by atoms with Gasteiger partial charge in [-0.3, -0.25) is 4.68 Å². The van der Waals surface area contributed by atoms with E-state index in [-0.39, 0.29) is 0 Å². The third-order valence-electron chi connectivity index (χ3n) is 3.22. The van der Waals surface area contributed by atoms with Crippen molar-refractivity contribution >= 4 is 17.3 Å². The molecule has 5 nitrogen and oxygen atoms in total. The Labute approximate surface area is 129 Å². The molecule has 0 aliphatic rings. The molecule has 0 saturated heterocycles. The number of methoxy groups -OCH3 is 2. The standard InChI is InChI=1S/C15H20ClN3O2/c1-5-19-11(6-10(2)18-19)9-17-13-8-14(20-3)12(16)7-15(13)21-4/h6-8,17H,5,9H2,1-4H3. The molecule has 1 heterocycles. The van der Waals surface area contributed by atoms with Gasteiger partial charge in [0, 0.05) is 18.7 Å². The minimum absolute atomic E-state index is 0.523. The molecule has 0 aliphatic carbocycles. The van der Waals surface area contributed by atoms with Gasteiger partial charge < -0.3 is 14.8 Å². The van der Waals surface area contributed by atoms with Crippen LogP contribution < -0.4 is 14.8 Å². The lowest BCUT2D eigenvalue weighted by atomic mass is 10.2. The molecular weight excluding hydrogens is 290 g/mol. The molecule has 0 aliphatic heterocycles. The number of anilines is 1. The maximum Gasteiger partial charge on any atom is 0.143 e. The van der Waals surface area contributed by atoms with Crippen molar-refractivity contribution in [2.45, 2.75) is 26.9 Å². The highest BCUT2D eigenvalue weighted by Crippen LogP contribution is 2.36. The van der Waals surface area contributed by atoms with Gasteiger partial charge in [-0.25, -0.2) is 0 Å². The summed E-state index contributed by atoms with van der Waals surface area (Å²) in [4.78, 5) is 0. The van der Waals surface area contributed by atoms with E-state index in [9.17, 15) is 0 Å². The van der Waals surface area contributed by atoms with Crippen LogP contribution in [0.1, 0.15) is 18.3 Å². The number of benzene rings is 1. The van der Waals surface area contributed by atoms with Crippen molar-refractivity contribution in [3.8, 4) is 11.5 Å². The minimum atomic E-state index is 0.523. The first kappa shape index (κ1) is 15.5. The monoisotopic (exact) mass is 309 g/mol. The van der Waals surface area contributed by atoms with Crippen molar-refractivity contribution in [2.75, 3.05) is 19.5 Å². The number of halogens is 1. The number of aryl methyl sites for hydroxylation is 2. The zero-order valence-electron chi connectivity index (χ0n) is 12.7. The Morgan fingerprint density at radius 3 is 2.52 bits per heavy atom. The predicted octanol–water partition coefficient (Wildman–Crippen LogP) is 3.49. The summed E-state index contributed by atoms with van der Waals surface area (Å²) in [5.41, 5.74) is 2.96. The Balaban J connectivity index is 2.22. The normalized spacial score (nSPS) is 10.5. The molecule has 0 bridgehead atoms. The lowest BCUT2D eigenvalue weighted by Crippen LogP contribution is -2.08. The number of hydrogen-bond donors (Lipinski definition) is 1. The van der Waals surface area contributed by atoms with Crippen molar-refractivity contribution in [1.29, 1.82) is 0 Å². The summed E-state index contributed by atoms with van der Waals surface area (Å²) in [5, 5.41) is 8.30. The van der Waals surface area contributed by atoms with Crippen LogP contribution in [0.3, 0.4) is 0 Å². The molecule has 21 heavy (non-hydrogen) atoms. The van der Waals surface area contributed by atoms with Crippen LogP contribution >= 0.6 is 11.6 Å². The Morgan fingerprint density at radius 1 is 1.19 bits per heavy atom. The largest absolute Gasteiger partial charge is 0.495 e. The molecule has 0 unspecified atom stereocenters. The lowest BCUT2D eigenvalue weighted by Gasteiger charge is -2.14. The van der Waals surface area contributed by atoms with Crippen LogP contribution in [-0.4, -0.2) is 24.0 Å². The van der Waals surface area contributed by atoms with Gasteiger partial charge in [0.1, 0.15) is 11.5 Å². The maximum absolute atomic E-state index is 6.10. The number of ether oxygens (including phenoxy) is 2. The molecule has 0 atom stereocenters. The number of aromatic nitrogens is 2. The highest BCUT2D eigenvalue weighted by molar-refractivity contribution is 6.32. The molecule has 2 aromatic rings. The summed E-state index contributed by atoms with van der Waals surface area (Å²) < 4.78 is 12.6. The molecule has 1 aromatic heterocycles. The number of nitrogens with zero attached hydrogens (tertiary/aromatic N) is 2. The third-order valence-corrected chi connectivity index (χ3v) is 3.51. The molecule has 2 rings (SSSR count). The van der Waals surface area contributed by atoms with Crippen molar-refractivity contribution in [2.24, 2.45) is 0 Å². The van der Waals surface area contributed by atoms with Gasteiger partial charge in [-0.05, 0) is 19.9 Å². The average molecular weight is 310 g/mol. The van der Waals surface area contributed by atoms with Crippen molar-refractivity contribution in [3.05, 3.63) is 34.6 Å². The summed E-state index contributed by atoms with van der Waals surface area (Å²) in [6.07, 6.45) is 0. The van der Waals surface area contributed by atoms with E-state index >= 15 is 0 Å². The Bertz CT molecular complexity index is 626. The van der Waals surface area contributed by atoms with E-state index in [0.29, 0.717) is 23.1 Å². The number of rotatable bonds is 6. The molecule has 6 heteroatoms. The fraction of sp³-hybridized carbons (Fsp3) is 0.400. The van der Waals surface area contributed by atoms with Gasteiger partial charge in [-0.1, -0.05) is 11.6 Å². The van der Waals surface area contributed by atoms with E-state index in [1.807, 2.05) is 17.7 Å². The van der Waals surface area contributed by atoms with Crippen LogP contribution in [0.15, 0.2) is 18.2 Å². The molecule has 0 saturated carbocycles. The Kier molecular flexibility index (Phi) is 4.96.